The molecule has 2 heterocycles. The maximum absolute atomic E-state index is 10.6. The number of aromatic nitrogens is 2. The first-order valence-corrected chi connectivity index (χ1v) is 14.1. The maximum atomic E-state index is 10.6. The second kappa shape index (κ2) is 14.1. The molecule has 0 atom stereocenters. The van der Waals surface area contributed by atoms with Crippen LogP contribution in [0.1, 0.15) is 62.8 Å². The third kappa shape index (κ3) is 8.76. The number of nitrogens with one attached hydrogen (secondary N) is 2. The molecule has 0 spiro atoms. The van der Waals surface area contributed by atoms with Crippen LogP contribution in [-0.2, 0) is 17.8 Å². The minimum atomic E-state index is -5.08. The smallest absolute Gasteiger partial charge is 0.488 e. The van der Waals surface area contributed by atoms with Crippen molar-refractivity contribution in [2.24, 2.45) is 5.92 Å². The highest BCUT2D eigenvalue weighted by Gasteiger charge is 2.38. The third-order valence-corrected chi connectivity index (χ3v) is 7.53. The van der Waals surface area contributed by atoms with Gasteiger partial charge in [0.25, 0.3) is 0 Å². The summed E-state index contributed by atoms with van der Waals surface area (Å²) in [4.78, 5) is 17.2. The lowest BCUT2D eigenvalue weighted by molar-refractivity contribution is -0.192. The van der Waals surface area contributed by atoms with Gasteiger partial charge in [-0.25, -0.2) is 9.78 Å². The van der Waals surface area contributed by atoms with Gasteiger partial charge in [0, 0.05) is 5.02 Å². The van der Waals surface area contributed by atoms with Crippen LogP contribution in [0.5, 0.6) is 11.5 Å². The molecule has 1 aliphatic heterocycles. The fourth-order valence-electron chi connectivity index (χ4n) is 5.15. The zero-order valence-electron chi connectivity index (χ0n) is 22.2. The number of aromatic amines is 1. The molecule has 3 aromatic rings. The van der Waals surface area contributed by atoms with Crippen molar-refractivity contribution < 1.29 is 32.5 Å². The molecule has 218 valence electrons. The van der Waals surface area contributed by atoms with Gasteiger partial charge in [-0.15, -0.1) is 0 Å². The predicted octanol–water partition coefficient (Wildman–Crippen LogP) is 7.07. The number of imidazole rings is 1. The highest BCUT2D eigenvalue weighted by molar-refractivity contribution is 6.30. The summed E-state index contributed by atoms with van der Waals surface area (Å²) in [7, 11) is 0. The van der Waals surface area contributed by atoms with E-state index in [1.165, 1.54) is 57.2 Å². The van der Waals surface area contributed by atoms with E-state index in [1.807, 2.05) is 24.3 Å². The van der Waals surface area contributed by atoms with E-state index in [1.54, 1.807) is 0 Å². The Hall–Kier alpha value is -2.98. The van der Waals surface area contributed by atoms with Crippen molar-refractivity contribution >= 4 is 28.6 Å². The SMILES string of the molecule is Clc1ccc(OCc2nc3c(OC4CCCC4)c(CCCC4CCNCC4)ccc3[nH]2)cc1.O=C(O)C(F)(F)F. The summed E-state index contributed by atoms with van der Waals surface area (Å²) >= 11 is 5.97. The zero-order chi connectivity index (χ0) is 28.5. The number of H-pyrrole nitrogens is 1. The third-order valence-electron chi connectivity index (χ3n) is 7.27. The van der Waals surface area contributed by atoms with Crippen molar-refractivity contribution in [3.05, 3.63) is 52.8 Å². The summed E-state index contributed by atoms with van der Waals surface area (Å²) in [5, 5.41) is 11.3. The fraction of sp³-hybridized carbons (Fsp3) is 0.517. The van der Waals surface area contributed by atoms with Gasteiger partial charge in [0.15, 0.2) is 5.75 Å². The van der Waals surface area contributed by atoms with Gasteiger partial charge in [-0.3, -0.25) is 0 Å². The molecule has 5 rings (SSSR count). The molecule has 0 amide bonds. The Labute approximate surface area is 236 Å². The number of hydrogen-bond donors (Lipinski definition) is 3. The minimum absolute atomic E-state index is 0.309. The van der Waals surface area contributed by atoms with E-state index >= 15 is 0 Å². The topological polar surface area (TPSA) is 96.5 Å². The maximum Gasteiger partial charge on any atom is 0.490 e. The molecule has 40 heavy (non-hydrogen) atoms. The molecule has 0 bridgehead atoms. The lowest BCUT2D eigenvalue weighted by Gasteiger charge is -2.22. The van der Waals surface area contributed by atoms with Crippen molar-refractivity contribution in [2.45, 2.75) is 76.7 Å². The fourth-order valence-corrected chi connectivity index (χ4v) is 5.27. The quantitative estimate of drug-likeness (QED) is 0.250. The average Bonchev–Trinajstić information content (AvgIpc) is 3.60. The number of carbonyl (C=O) groups is 1. The number of halogens is 4. The summed E-state index contributed by atoms with van der Waals surface area (Å²) in [6.07, 6.45) is 6.18. The van der Waals surface area contributed by atoms with Crippen LogP contribution >= 0.6 is 11.6 Å². The van der Waals surface area contributed by atoms with Crippen molar-refractivity contribution in [3.8, 4) is 11.5 Å². The van der Waals surface area contributed by atoms with E-state index in [4.69, 9.17) is 36.0 Å². The van der Waals surface area contributed by atoms with Crippen LogP contribution in [-0.4, -0.2) is 46.4 Å². The molecule has 7 nitrogen and oxygen atoms in total. The van der Waals surface area contributed by atoms with E-state index in [-0.39, 0.29) is 0 Å². The minimum Gasteiger partial charge on any atom is -0.488 e. The Morgan fingerprint density at radius 1 is 1.05 bits per heavy atom. The number of ether oxygens (including phenoxy) is 2. The number of nitrogens with zero attached hydrogens (tertiary/aromatic N) is 1. The number of aryl methyl sites for hydroxylation is 1. The molecule has 2 fully saturated rings. The van der Waals surface area contributed by atoms with Crippen LogP contribution in [0.15, 0.2) is 36.4 Å². The van der Waals surface area contributed by atoms with Crippen molar-refractivity contribution in [1.82, 2.24) is 15.3 Å². The predicted molar refractivity (Wildman–Crippen MR) is 147 cm³/mol. The Balaban J connectivity index is 0.000000470. The van der Waals surface area contributed by atoms with Crippen LogP contribution in [0.3, 0.4) is 0 Å². The van der Waals surface area contributed by atoms with E-state index in [2.05, 4.69) is 22.4 Å². The first-order chi connectivity index (χ1) is 19.2. The first-order valence-electron chi connectivity index (χ1n) is 13.8. The van der Waals surface area contributed by atoms with Gasteiger partial charge in [0.2, 0.25) is 0 Å². The van der Waals surface area contributed by atoms with Crippen LogP contribution in [0.25, 0.3) is 11.0 Å². The van der Waals surface area contributed by atoms with Crippen LogP contribution in [0.4, 0.5) is 13.2 Å². The van der Waals surface area contributed by atoms with E-state index in [9.17, 15) is 13.2 Å². The van der Waals surface area contributed by atoms with E-state index in [0.717, 1.165) is 53.5 Å². The van der Waals surface area contributed by atoms with Gasteiger partial charge in [0.1, 0.15) is 23.7 Å². The Bertz CT molecular complexity index is 1240. The first kappa shape index (κ1) is 30.0. The van der Waals surface area contributed by atoms with Crippen LogP contribution in [0, 0.1) is 5.92 Å². The summed E-state index contributed by atoms with van der Waals surface area (Å²) < 4.78 is 44.3. The molecule has 1 saturated heterocycles. The molecular weight excluding hydrogens is 547 g/mol. The normalized spacial score (nSPS) is 16.5. The van der Waals surface area contributed by atoms with Crippen molar-refractivity contribution in [2.75, 3.05) is 13.1 Å². The van der Waals surface area contributed by atoms with Gasteiger partial charge in [-0.05, 0) is 106 Å². The standard InChI is InChI=1S/C27H34ClN3O2.C2HF3O2/c28-21-9-11-22(12-10-21)32-18-25-30-24-13-8-20(5-3-4-19-14-16-29-17-15-19)27(26(24)31-25)33-23-6-1-2-7-23;3-2(4,5)1(6)7/h8-13,19,23,29H,1-7,14-18H2,(H,30,31);(H,6,7). The lowest BCUT2D eigenvalue weighted by atomic mass is 9.91. The molecule has 1 aromatic heterocycles. The number of hydrogen-bond acceptors (Lipinski definition) is 5. The molecule has 3 N–H and O–H groups in total. The number of rotatable bonds is 9. The molecule has 1 aliphatic carbocycles. The van der Waals surface area contributed by atoms with Crippen LogP contribution in [0.2, 0.25) is 5.02 Å². The van der Waals surface area contributed by atoms with E-state index < -0.39 is 12.1 Å². The molecular formula is C29H35ClF3N3O4. The number of benzene rings is 2. The molecule has 2 aromatic carbocycles. The molecule has 0 radical (unpaired) electrons. The number of carboxylic acids is 1. The largest absolute Gasteiger partial charge is 0.490 e. The van der Waals surface area contributed by atoms with Crippen molar-refractivity contribution in [1.29, 1.82) is 0 Å². The number of fused-ring (bicyclic) bond motifs is 1. The highest BCUT2D eigenvalue weighted by atomic mass is 35.5. The monoisotopic (exact) mass is 581 g/mol. The number of alkyl halides is 3. The summed E-state index contributed by atoms with van der Waals surface area (Å²) in [5.74, 6) is 0.673. The summed E-state index contributed by atoms with van der Waals surface area (Å²) in [5.41, 5.74) is 3.25. The summed E-state index contributed by atoms with van der Waals surface area (Å²) in [6, 6.07) is 11.8. The lowest BCUT2D eigenvalue weighted by Crippen LogP contribution is -2.27. The van der Waals surface area contributed by atoms with Gasteiger partial charge in [0.05, 0.1) is 11.6 Å². The van der Waals surface area contributed by atoms with E-state index in [0.29, 0.717) is 17.7 Å². The molecule has 1 saturated carbocycles. The number of aliphatic carboxylic acids is 1. The van der Waals surface area contributed by atoms with Crippen LogP contribution < -0.4 is 14.8 Å². The summed E-state index contributed by atoms with van der Waals surface area (Å²) in [6.45, 7) is 2.71. The number of piperidine rings is 1. The Morgan fingerprint density at radius 2 is 1.73 bits per heavy atom. The highest BCUT2D eigenvalue weighted by Crippen LogP contribution is 2.34. The van der Waals surface area contributed by atoms with Gasteiger partial charge >= 0.3 is 12.1 Å². The van der Waals surface area contributed by atoms with Gasteiger partial charge < -0.3 is 24.9 Å². The zero-order valence-corrected chi connectivity index (χ0v) is 23.0. The molecule has 11 heteroatoms. The molecule has 2 aliphatic rings. The Morgan fingerprint density at radius 3 is 2.38 bits per heavy atom. The second-order valence-corrected chi connectivity index (χ2v) is 10.7. The van der Waals surface area contributed by atoms with Gasteiger partial charge in [-0.1, -0.05) is 24.1 Å². The van der Waals surface area contributed by atoms with Gasteiger partial charge in [-0.2, -0.15) is 13.2 Å². The Kier molecular flexibility index (Phi) is 10.6. The molecule has 0 unspecified atom stereocenters. The number of carboxylic acid groups (broad SMARTS) is 1. The second-order valence-electron chi connectivity index (χ2n) is 10.3. The van der Waals surface area contributed by atoms with Crippen molar-refractivity contribution in [3.63, 3.8) is 0 Å². The average molecular weight is 582 g/mol.